The predicted molar refractivity (Wildman–Crippen MR) is 70.1 cm³/mol. The maximum absolute atomic E-state index is 8.68. The number of nitrogens with zero attached hydrogens (tertiary/aromatic N) is 1. The molecule has 4 nitrogen and oxygen atoms in total. The van der Waals surface area contributed by atoms with Gasteiger partial charge in [0, 0.05) is 32.8 Å². The summed E-state index contributed by atoms with van der Waals surface area (Å²) in [6.07, 6.45) is 4.00. The van der Waals surface area contributed by atoms with Crippen molar-refractivity contribution in [1.82, 2.24) is 4.90 Å². The molecule has 0 fully saturated rings. The molecule has 0 saturated carbocycles. The monoisotopic (exact) mass is 247 g/mol. The van der Waals surface area contributed by atoms with Crippen molar-refractivity contribution in [3.8, 4) is 0 Å². The molecule has 0 amide bonds. The van der Waals surface area contributed by atoms with Crippen LogP contribution in [0.1, 0.15) is 39.5 Å². The lowest BCUT2D eigenvalue weighted by Crippen LogP contribution is -2.27. The van der Waals surface area contributed by atoms with Gasteiger partial charge in [-0.2, -0.15) is 0 Å². The molecule has 0 saturated heterocycles. The number of aliphatic hydroxyl groups is 1. The molecule has 0 aromatic rings. The van der Waals surface area contributed by atoms with Crippen molar-refractivity contribution >= 4 is 0 Å². The second-order valence-electron chi connectivity index (χ2n) is 4.22. The van der Waals surface area contributed by atoms with Crippen LogP contribution >= 0.6 is 0 Å². The van der Waals surface area contributed by atoms with Gasteiger partial charge in [0.25, 0.3) is 0 Å². The highest BCUT2D eigenvalue weighted by Crippen LogP contribution is 2.04. The molecule has 0 aromatic heterocycles. The van der Waals surface area contributed by atoms with E-state index in [4.69, 9.17) is 14.6 Å². The van der Waals surface area contributed by atoms with Gasteiger partial charge >= 0.3 is 0 Å². The minimum atomic E-state index is -0.0649. The highest BCUT2D eigenvalue weighted by Gasteiger charge is 2.09. The Bertz CT molecular complexity index is 150. The summed E-state index contributed by atoms with van der Waals surface area (Å²) in [4.78, 5) is 2.29. The largest absolute Gasteiger partial charge is 0.396 e. The minimum absolute atomic E-state index is 0.0649. The van der Waals surface area contributed by atoms with Crippen molar-refractivity contribution in [3.63, 3.8) is 0 Å². The number of unbranched alkanes of at least 4 members (excludes halogenated alkanes) is 2. The van der Waals surface area contributed by atoms with E-state index in [0.717, 1.165) is 38.8 Å². The van der Waals surface area contributed by atoms with E-state index in [2.05, 4.69) is 11.9 Å². The topological polar surface area (TPSA) is 41.9 Å². The van der Waals surface area contributed by atoms with Gasteiger partial charge < -0.3 is 19.5 Å². The molecular weight excluding hydrogens is 218 g/mol. The Morgan fingerprint density at radius 3 is 2.18 bits per heavy atom. The Balaban J connectivity index is 3.53. The third-order valence-corrected chi connectivity index (χ3v) is 2.65. The van der Waals surface area contributed by atoms with E-state index in [1.807, 2.05) is 13.8 Å². The summed E-state index contributed by atoms with van der Waals surface area (Å²) in [7, 11) is 2.12. The van der Waals surface area contributed by atoms with Crippen LogP contribution in [-0.2, 0) is 9.47 Å². The lowest BCUT2D eigenvalue weighted by Gasteiger charge is -2.21. The predicted octanol–water partition coefficient (Wildman–Crippen LogP) is 1.87. The second-order valence-corrected chi connectivity index (χ2v) is 4.22. The Labute approximate surface area is 106 Å². The summed E-state index contributed by atoms with van der Waals surface area (Å²) in [5.74, 6) is 0. The zero-order chi connectivity index (χ0) is 12.9. The van der Waals surface area contributed by atoms with Crippen LogP contribution in [0.5, 0.6) is 0 Å². The molecule has 0 bridgehead atoms. The fourth-order valence-electron chi connectivity index (χ4n) is 1.69. The molecule has 0 spiro atoms. The summed E-state index contributed by atoms with van der Waals surface area (Å²) in [5, 5.41) is 8.68. The first-order valence-electron chi connectivity index (χ1n) is 6.77. The quantitative estimate of drug-likeness (QED) is 0.422. The molecule has 0 aliphatic heterocycles. The van der Waals surface area contributed by atoms with E-state index in [9.17, 15) is 0 Å². The number of rotatable bonds is 12. The van der Waals surface area contributed by atoms with Crippen molar-refractivity contribution < 1.29 is 14.6 Å². The first-order valence-corrected chi connectivity index (χ1v) is 6.77. The van der Waals surface area contributed by atoms with Crippen LogP contribution in [0, 0.1) is 0 Å². The molecule has 0 atom stereocenters. The second kappa shape index (κ2) is 12.3. The molecule has 17 heavy (non-hydrogen) atoms. The Morgan fingerprint density at radius 1 is 1.00 bits per heavy atom. The van der Waals surface area contributed by atoms with E-state index in [1.165, 1.54) is 0 Å². The third-order valence-electron chi connectivity index (χ3n) is 2.65. The van der Waals surface area contributed by atoms with Crippen LogP contribution in [0.2, 0.25) is 0 Å². The zero-order valence-corrected chi connectivity index (χ0v) is 11.7. The minimum Gasteiger partial charge on any atom is -0.396 e. The van der Waals surface area contributed by atoms with Crippen molar-refractivity contribution in [3.05, 3.63) is 0 Å². The van der Waals surface area contributed by atoms with Crippen LogP contribution in [0.15, 0.2) is 0 Å². The van der Waals surface area contributed by atoms with Crippen LogP contribution in [0.4, 0.5) is 0 Å². The molecular formula is C13H29NO3. The Hall–Kier alpha value is -0.160. The molecule has 104 valence electrons. The van der Waals surface area contributed by atoms with Crippen molar-refractivity contribution in [2.24, 2.45) is 0 Å². The van der Waals surface area contributed by atoms with Crippen LogP contribution < -0.4 is 0 Å². The number of hydrogen-bond donors (Lipinski definition) is 1. The molecule has 0 aliphatic carbocycles. The molecule has 0 radical (unpaired) electrons. The normalized spacial score (nSPS) is 11.6. The van der Waals surface area contributed by atoms with Gasteiger partial charge in [-0.25, -0.2) is 0 Å². The van der Waals surface area contributed by atoms with Gasteiger partial charge in [0.1, 0.15) is 0 Å². The summed E-state index contributed by atoms with van der Waals surface area (Å²) in [6.45, 7) is 7.75. The highest BCUT2D eigenvalue weighted by molar-refractivity contribution is 4.55. The zero-order valence-electron chi connectivity index (χ0n) is 11.7. The van der Waals surface area contributed by atoms with Gasteiger partial charge in [0.05, 0.1) is 0 Å². The van der Waals surface area contributed by atoms with Gasteiger partial charge in [0.15, 0.2) is 6.29 Å². The van der Waals surface area contributed by atoms with E-state index in [1.54, 1.807) is 0 Å². The van der Waals surface area contributed by atoms with E-state index >= 15 is 0 Å². The van der Waals surface area contributed by atoms with Crippen LogP contribution in [-0.4, -0.2) is 56.3 Å². The van der Waals surface area contributed by atoms with Gasteiger partial charge in [-0.1, -0.05) is 0 Å². The fraction of sp³-hybridized carbons (Fsp3) is 1.00. The summed E-state index contributed by atoms with van der Waals surface area (Å²) >= 11 is 0. The molecule has 1 N–H and O–H groups in total. The molecule has 0 heterocycles. The Kier molecular flexibility index (Phi) is 12.2. The first kappa shape index (κ1) is 16.8. The smallest absolute Gasteiger partial charge is 0.158 e. The van der Waals surface area contributed by atoms with Gasteiger partial charge in [-0.15, -0.1) is 0 Å². The van der Waals surface area contributed by atoms with Gasteiger partial charge in [0.2, 0.25) is 0 Å². The molecule has 4 heteroatoms. The SMILES string of the molecule is CCOC(CCN(C)CCCCCO)OCC. The van der Waals surface area contributed by atoms with Crippen molar-refractivity contribution in [1.29, 1.82) is 0 Å². The average Bonchev–Trinajstić information content (AvgIpc) is 2.32. The average molecular weight is 247 g/mol. The highest BCUT2D eigenvalue weighted by atomic mass is 16.7. The summed E-state index contributed by atoms with van der Waals surface area (Å²) < 4.78 is 11.0. The summed E-state index contributed by atoms with van der Waals surface area (Å²) in [5.41, 5.74) is 0. The number of aliphatic hydroxyl groups excluding tert-OH is 1. The maximum Gasteiger partial charge on any atom is 0.158 e. The molecule has 0 rings (SSSR count). The first-order chi connectivity index (χ1) is 8.24. The third kappa shape index (κ3) is 10.7. The van der Waals surface area contributed by atoms with Crippen molar-refractivity contribution in [2.75, 3.05) is 40.0 Å². The van der Waals surface area contributed by atoms with Gasteiger partial charge in [-0.3, -0.25) is 0 Å². The molecule has 0 aromatic carbocycles. The van der Waals surface area contributed by atoms with Crippen LogP contribution in [0.25, 0.3) is 0 Å². The standard InChI is InChI=1S/C13H29NO3/c1-4-16-13(17-5-2)9-11-14(3)10-7-6-8-12-15/h13,15H,4-12H2,1-3H3. The molecule has 0 unspecified atom stereocenters. The van der Waals surface area contributed by atoms with Crippen molar-refractivity contribution in [2.45, 2.75) is 45.8 Å². The number of hydrogen-bond acceptors (Lipinski definition) is 4. The van der Waals surface area contributed by atoms with Crippen LogP contribution in [0.3, 0.4) is 0 Å². The maximum atomic E-state index is 8.68. The van der Waals surface area contributed by atoms with E-state index in [0.29, 0.717) is 19.8 Å². The van der Waals surface area contributed by atoms with E-state index < -0.39 is 0 Å². The Morgan fingerprint density at radius 2 is 1.65 bits per heavy atom. The number of ether oxygens (including phenoxy) is 2. The lowest BCUT2D eigenvalue weighted by atomic mass is 10.2. The fourth-order valence-corrected chi connectivity index (χ4v) is 1.69. The van der Waals surface area contributed by atoms with E-state index in [-0.39, 0.29) is 6.29 Å². The molecule has 0 aliphatic rings. The van der Waals surface area contributed by atoms with Gasteiger partial charge in [-0.05, 0) is 46.7 Å². The lowest BCUT2D eigenvalue weighted by molar-refractivity contribution is -0.141. The summed E-state index contributed by atoms with van der Waals surface area (Å²) in [6, 6.07) is 0.